The van der Waals surface area contributed by atoms with Crippen molar-refractivity contribution in [3.05, 3.63) is 69.8 Å². The molecule has 0 saturated carbocycles. The van der Waals surface area contributed by atoms with E-state index in [-0.39, 0.29) is 47.1 Å². The summed E-state index contributed by atoms with van der Waals surface area (Å²) in [6.07, 6.45) is 0.720. The SMILES string of the molecule is CC(c1cccc([N+](=O)[O-])c1)N(C)C(=O)C1CCN(S(=O)(=O)c2ccccc2C#N)CC1. The van der Waals surface area contributed by atoms with Crippen LogP contribution in [0.5, 0.6) is 0 Å². The lowest BCUT2D eigenvalue weighted by atomic mass is 9.95. The minimum atomic E-state index is -3.82. The van der Waals surface area contributed by atoms with Gasteiger partial charge in [0, 0.05) is 38.2 Å². The molecule has 3 rings (SSSR count). The first-order valence-electron chi connectivity index (χ1n) is 10.2. The van der Waals surface area contributed by atoms with Crippen LogP contribution in [0.2, 0.25) is 0 Å². The molecule has 2 aromatic rings. The topological polar surface area (TPSA) is 125 Å². The van der Waals surface area contributed by atoms with Gasteiger partial charge in [-0.25, -0.2) is 8.42 Å². The Balaban J connectivity index is 1.68. The fourth-order valence-electron chi connectivity index (χ4n) is 3.87. The van der Waals surface area contributed by atoms with E-state index in [0.717, 1.165) is 0 Å². The minimum absolute atomic E-state index is 0.0244. The van der Waals surface area contributed by atoms with Gasteiger partial charge in [0.15, 0.2) is 0 Å². The molecule has 1 fully saturated rings. The number of sulfonamides is 1. The predicted molar refractivity (Wildman–Crippen MR) is 117 cm³/mol. The maximum atomic E-state index is 13.0. The number of hydrogen-bond donors (Lipinski definition) is 0. The van der Waals surface area contributed by atoms with Crippen molar-refractivity contribution in [3.8, 4) is 6.07 Å². The molecule has 0 N–H and O–H groups in total. The fraction of sp³-hybridized carbons (Fsp3) is 0.364. The maximum Gasteiger partial charge on any atom is 0.269 e. The van der Waals surface area contributed by atoms with Gasteiger partial charge in [0.1, 0.15) is 6.07 Å². The summed E-state index contributed by atoms with van der Waals surface area (Å²) in [5, 5.41) is 20.3. The Hall–Kier alpha value is -3.29. The Morgan fingerprint density at radius 1 is 1.22 bits per heavy atom. The van der Waals surface area contributed by atoms with Gasteiger partial charge in [-0.2, -0.15) is 9.57 Å². The van der Waals surface area contributed by atoms with E-state index in [1.165, 1.54) is 28.6 Å². The third-order valence-corrected chi connectivity index (χ3v) is 7.88. The van der Waals surface area contributed by atoms with E-state index in [1.54, 1.807) is 43.1 Å². The Morgan fingerprint density at radius 2 is 1.88 bits per heavy atom. The average molecular weight is 457 g/mol. The van der Waals surface area contributed by atoms with Crippen molar-refractivity contribution in [2.75, 3.05) is 20.1 Å². The number of hydrogen-bond acceptors (Lipinski definition) is 6. The van der Waals surface area contributed by atoms with Gasteiger partial charge in [-0.1, -0.05) is 24.3 Å². The summed E-state index contributed by atoms with van der Waals surface area (Å²) in [5.74, 6) is -0.475. The van der Waals surface area contributed by atoms with Crippen LogP contribution in [0.1, 0.15) is 36.9 Å². The second kappa shape index (κ2) is 9.46. The third-order valence-electron chi connectivity index (χ3n) is 5.92. The zero-order chi connectivity index (χ0) is 23.5. The molecule has 0 aliphatic carbocycles. The van der Waals surface area contributed by atoms with Gasteiger partial charge in [0.2, 0.25) is 15.9 Å². The van der Waals surface area contributed by atoms with Gasteiger partial charge >= 0.3 is 0 Å². The van der Waals surface area contributed by atoms with Crippen LogP contribution in [-0.2, 0) is 14.8 Å². The smallest absolute Gasteiger partial charge is 0.269 e. The van der Waals surface area contributed by atoms with E-state index in [2.05, 4.69) is 0 Å². The summed E-state index contributed by atoms with van der Waals surface area (Å²) >= 11 is 0. The highest BCUT2D eigenvalue weighted by molar-refractivity contribution is 7.89. The summed E-state index contributed by atoms with van der Waals surface area (Å²) in [6, 6.07) is 13.8. The lowest BCUT2D eigenvalue weighted by Crippen LogP contribution is -2.44. The molecule has 1 unspecified atom stereocenters. The molecule has 168 valence electrons. The number of carbonyl (C=O) groups is 1. The zero-order valence-electron chi connectivity index (χ0n) is 17.8. The van der Waals surface area contributed by atoms with Gasteiger partial charge in [-0.15, -0.1) is 0 Å². The van der Waals surface area contributed by atoms with Crippen molar-refractivity contribution >= 4 is 21.6 Å². The maximum absolute atomic E-state index is 13.0. The summed E-state index contributed by atoms with van der Waals surface area (Å²) in [4.78, 5) is 25.1. The quantitative estimate of drug-likeness (QED) is 0.486. The highest BCUT2D eigenvalue weighted by Crippen LogP contribution is 2.29. The van der Waals surface area contributed by atoms with Gasteiger partial charge in [0.25, 0.3) is 5.69 Å². The highest BCUT2D eigenvalue weighted by atomic mass is 32.2. The summed E-state index contributed by atoms with van der Waals surface area (Å²) in [5.41, 5.74) is 0.714. The van der Waals surface area contributed by atoms with E-state index in [9.17, 15) is 28.6 Å². The summed E-state index contributed by atoms with van der Waals surface area (Å²) < 4.78 is 27.3. The molecule has 1 aliphatic rings. The number of non-ortho nitro benzene ring substituents is 1. The van der Waals surface area contributed by atoms with Gasteiger partial charge < -0.3 is 4.90 Å². The number of benzene rings is 2. The molecule has 0 bridgehead atoms. The molecule has 0 radical (unpaired) electrons. The van der Waals surface area contributed by atoms with Crippen LogP contribution in [0, 0.1) is 27.4 Å². The third kappa shape index (κ3) is 4.64. The molecule has 0 aromatic heterocycles. The lowest BCUT2D eigenvalue weighted by molar-refractivity contribution is -0.384. The molecule has 1 aliphatic heterocycles. The molecule has 2 aromatic carbocycles. The van der Waals surface area contributed by atoms with Crippen LogP contribution in [0.4, 0.5) is 5.69 Å². The van der Waals surface area contributed by atoms with Crippen molar-refractivity contribution in [1.82, 2.24) is 9.21 Å². The second-order valence-corrected chi connectivity index (χ2v) is 9.67. The van der Waals surface area contributed by atoms with E-state index in [1.807, 2.05) is 6.07 Å². The van der Waals surface area contributed by atoms with Gasteiger partial charge in [0.05, 0.1) is 21.4 Å². The van der Waals surface area contributed by atoms with Crippen LogP contribution in [0.3, 0.4) is 0 Å². The number of nitro groups is 1. The zero-order valence-corrected chi connectivity index (χ0v) is 18.7. The number of nitrogens with zero attached hydrogens (tertiary/aromatic N) is 4. The number of rotatable bonds is 6. The highest BCUT2D eigenvalue weighted by Gasteiger charge is 2.35. The molecule has 1 amide bonds. The number of amides is 1. The molecular formula is C22H24N4O5S. The van der Waals surface area contributed by atoms with Crippen LogP contribution in [0.25, 0.3) is 0 Å². The molecule has 32 heavy (non-hydrogen) atoms. The lowest BCUT2D eigenvalue weighted by Gasteiger charge is -2.34. The van der Waals surface area contributed by atoms with Crippen molar-refractivity contribution < 1.29 is 18.1 Å². The summed E-state index contributed by atoms with van der Waals surface area (Å²) in [7, 11) is -2.17. The molecule has 10 heteroatoms. The first-order chi connectivity index (χ1) is 15.2. The first-order valence-corrected chi connectivity index (χ1v) is 11.6. The van der Waals surface area contributed by atoms with Gasteiger partial charge in [-0.05, 0) is 37.5 Å². The largest absolute Gasteiger partial charge is 0.339 e. The Morgan fingerprint density at radius 3 is 2.50 bits per heavy atom. The number of carbonyl (C=O) groups excluding carboxylic acids is 1. The van der Waals surface area contributed by atoms with Crippen LogP contribution >= 0.6 is 0 Å². The monoisotopic (exact) mass is 456 g/mol. The number of piperidine rings is 1. The van der Waals surface area contributed by atoms with Crippen molar-refractivity contribution in [1.29, 1.82) is 5.26 Å². The van der Waals surface area contributed by atoms with E-state index in [0.29, 0.717) is 18.4 Å². The average Bonchev–Trinajstić information content (AvgIpc) is 2.82. The van der Waals surface area contributed by atoms with Crippen LogP contribution in [-0.4, -0.2) is 48.6 Å². The Bertz CT molecular complexity index is 1170. The molecule has 1 saturated heterocycles. The number of nitriles is 1. The number of nitro benzene ring substituents is 1. The van der Waals surface area contributed by atoms with Crippen molar-refractivity contribution in [3.63, 3.8) is 0 Å². The molecular weight excluding hydrogens is 432 g/mol. The Labute approximate surface area is 187 Å². The summed E-state index contributed by atoms with van der Waals surface area (Å²) in [6.45, 7) is 2.16. The molecule has 0 spiro atoms. The first kappa shape index (κ1) is 23.4. The van der Waals surface area contributed by atoms with Gasteiger partial charge in [-0.3, -0.25) is 14.9 Å². The van der Waals surface area contributed by atoms with Crippen LogP contribution in [0.15, 0.2) is 53.4 Å². The molecule has 1 heterocycles. The second-order valence-electron chi connectivity index (χ2n) is 7.76. The van der Waals surface area contributed by atoms with E-state index < -0.39 is 14.9 Å². The predicted octanol–water partition coefficient (Wildman–Crippen LogP) is 3.09. The van der Waals surface area contributed by atoms with E-state index >= 15 is 0 Å². The normalized spacial score (nSPS) is 16.2. The van der Waals surface area contributed by atoms with Crippen LogP contribution < -0.4 is 0 Å². The Kier molecular flexibility index (Phi) is 6.91. The minimum Gasteiger partial charge on any atom is -0.339 e. The molecule has 9 nitrogen and oxygen atoms in total. The van der Waals surface area contributed by atoms with E-state index in [4.69, 9.17) is 0 Å². The standard InChI is InChI=1S/C22H24N4O5S/c1-16(18-7-5-8-20(14-18)26(28)29)24(2)22(27)17-10-12-25(13-11-17)32(30,31)21-9-4-3-6-19(21)15-23/h3-9,14,16-17H,10-13H2,1-2H3. The molecule has 1 atom stereocenters. The van der Waals surface area contributed by atoms with Crippen molar-refractivity contribution in [2.45, 2.75) is 30.7 Å². The van der Waals surface area contributed by atoms with Crippen molar-refractivity contribution in [2.24, 2.45) is 5.92 Å². The fourth-order valence-corrected chi connectivity index (χ4v) is 5.48.